The van der Waals surface area contributed by atoms with E-state index in [4.69, 9.17) is 0 Å². The molecule has 96 valence electrons. The van der Waals surface area contributed by atoms with Gasteiger partial charge in [-0.25, -0.2) is 0 Å². The first-order chi connectivity index (χ1) is 7.70. The number of Topliss-reactive ketones (excluding diaryl/α,β-unsaturated/α-hetero) is 1. The summed E-state index contributed by atoms with van der Waals surface area (Å²) in [6, 6.07) is 0. The second-order valence-electron chi connectivity index (χ2n) is 7.96. The van der Waals surface area contributed by atoms with Crippen LogP contribution in [-0.4, -0.2) is 17.0 Å². The molecule has 3 aliphatic rings. The molecule has 0 aromatic carbocycles. The minimum absolute atomic E-state index is 0.0436. The summed E-state index contributed by atoms with van der Waals surface area (Å²) < 4.78 is 0. The van der Waals surface area contributed by atoms with Crippen LogP contribution in [-0.2, 0) is 4.79 Å². The lowest BCUT2D eigenvalue weighted by Crippen LogP contribution is -2.36. The summed E-state index contributed by atoms with van der Waals surface area (Å²) in [5, 5.41) is 10.3. The van der Waals surface area contributed by atoms with Gasteiger partial charge < -0.3 is 5.11 Å². The zero-order chi connectivity index (χ0) is 12.6. The van der Waals surface area contributed by atoms with Crippen LogP contribution in [0.4, 0.5) is 0 Å². The van der Waals surface area contributed by atoms with Gasteiger partial charge in [-0.05, 0) is 41.4 Å². The Kier molecular flexibility index (Phi) is 2.04. The number of hydrogen-bond acceptors (Lipinski definition) is 2. The quantitative estimate of drug-likeness (QED) is 0.702. The van der Waals surface area contributed by atoms with Crippen molar-refractivity contribution in [1.29, 1.82) is 0 Å². The minimum Gasteiger partial charge on any atom is -0.393 e. The van der Waals surface area contributed by atoms with Crippen molar-refractivity contribution in [2.45, 2.75) is 59.5 Å². The molecule has 0 aromatic rings. The molecule has 0 spiro atoms. The molecule has 2 nitrogen and oxygen atoms in total. The van der Waals surface area contributed by atoms with E-state index in [2.05, 4.69) is 27.7 Å². The van der Waals surface area contributed by atoms with Crippen molar-refractivity contribution in [3.05, 3.63) is 0 Å². The normalized spacial score (nSPS) is 56.1. The molecule has 0 aromatic heterocycles. The van der Waals surface area contributed by atoms with Gasteiger partial charge >= 0.3 is 0 Å². The largest absolute Gasteiger partial charge is 0.393 e. The van der Waals surface area contributed by atoms with Gasteiger partial charge in [0.1, 0.15) is 5.78 Å². The molecular weight excluding hydrogens is 212 g/mol. The number of hydrogen-bond donors (Lipinski definition) is 1. The Hall–Kier alpha value is -0.370. The van der Waals surface area contributed by atoms with Gasteiger partial charge in [0.25, 0.3) is 0 Å². The molecule has 3 fully saturated rings. The molecule has 0 aliphatic heterocycles. The van der Waals surface area contributed by atoms with Gasteiger partial charge in [-0.15, -0.1) is 0 Å². The lowest BCUT2D eigenvalue weighted by atomic mass is 9.64. The number of aliphatic hydroxyl groups is 1. The molecule has 5 atom stereocenters. The Morgan fingerprint density at radius 2 is 1.76 bits per heavy atom. The van der Waals surface area contributed by atoms with Crippen LogP contribution in [0.25, 0.3) is 0 Å². The standard InChI is InChI=1S/C15H24O2/c1-13(2)5-9(16)6-15(4)12-10(13)7-14(15,3)8-11(12)17/h9-10,12,16H,5-8H2,1-4H3/t9?,10-,12?,14+,15-/m0/s1. The Morgan fingerprint density at radius 1 is 1.12 bits per heavy atom. The van der Waals surface area contributed by atoms with Crippen molar-refractivity contribution in [3.8, 4) is 0 Å². The predicted molar refractivity (Wildman–Crippen MR) is 66.5 cm³/mol. The summed E-state index contributed by atoms with van der Waals surface area (Å²) in [6.07, 6.45) is 3.37. The van der Waals surface area contributed by atoms with Crippen molar-refractivity contribution in [1.82, 2.24) is 0 Å². The first-order valence-electron chi connectivity index (χ1n) is 6.90. The van der Waals surface area contributed by atoms with Gasteiger partial charge in [-0.3, -0.25) is 4.79 Å². The van der Waals surface area contributed by atoms with E-state index >= 15 is 0 Å². The van der Waals surface area contributed by atoms with Gasteiger partial charge in [0.05, 0.1) is 6.10 Å². The highest BCUT2D eigenvalue weighted by atomic mass is 16.3. The summed E-state index contributed by atoms with van der Waals surface area (Å²) >= 11 is 0. The van der Waals surface area contributed by atoms with Crippen LogP contribution < -0.4 is 0 Å². The van der Waals surface area contributed by atoms with Gasteiger partial charge in [0, 0.05) is 12.3 Å². The maximum Gasteiger partial charge on any atom is 0.137 e. The Balaban J connectivity index is 2.14. The smallest absolute Gasteiger partial charge is 0.137 e. The van der Waals surface area contributed by atoms with E-state index in [0.717, 1.165) is 19.3 Å². The highest BCUT2D eigenvalue weighted by molar-refractivity contribution is 5.87. The fraction of sp³-hybridized carbons (Fsp3) is 0.933. The second-order valence-corrected chi connectivity index (χ2v) is 7.96. The molecule has 17 heavy (non-hydrogen) atoms. The lowest BCUT2D eigenvalue weighted by molar-refractivity contribution is -0.126. The summed E-state index contributed by atoms with van der Waals surface area (Å²) in [7, 11) is 0. The van der Waals surface area contributed by atoms with Crippen molar-refractivity contribution >= 4 is 5.78 Å². The predicted octanol–water partition coefficient (Wildman–Crippen LogP) is 2.79. The van der Waals surface area contributed by atoms with E-state index in [9.17, 15) is 9.90 Å². The van der Waals surface area contributed by atoms with Crippen LogP contribution in [0.15, 0.2) is 0 Å². The summed E-state index contributed by atoms with van der Waals surface area (Å²) in [5.74, 6) is 1.16. The van der Waals surface area contributed by atoms with E-state index in [1.54, 1.807) is 0 Å². The van der Waals surface area contributed by atoms with Crippen LogP contribution in [0.3, 0.4) is 0 Å². The van der Waals surface area contributed by atoms with Crippen molar-refractivity contribution in [2.75, 3.05) is 0 Å². The maximum absolute atomic E-state index is 12.3. The molecule has 2 unspecified atom stereocenters. The number of carbonyl (C=O) groups excluding carboxylic acids is 1. The molecule has 3 rings (SSSR count). The van der Waals surface area contributed by atoms with E-state index in [1.165, 1.54) is 6.42 Å². The first-order valence-corrected chi connectivity index (χ1v) is 6.90. The van der Waals surface area contributed by atoms with E-state index in [0.29, 0.717) is 11.7 Å². The number of aliphatic hydroxyl groups excluding tert-OH is 1. The zero-order valence-electron chi connectivity index (χ0n) is 11.4. The van der Waals surface area contributed by atoms with Crippen LogP contribution in [0, 0.1) is 28.1 Å². The van der Waals surface area contributed by atoms with E-state index < -0.39 is 0 Å². The third-order valence-electron chi connectivity index (χ3n) is 6.47. The fourth-order valence-electron chi connectivity index (χ4n) is 5.43. The van der Waals surface area contributed by atoms with E-state index in [-0.39, 0.29) is 28.3 Å². The molecule has 4 bridgehead atoms. The lowest BCUT2D eigenvalue weighted by Gasteiger charge is -2.41. The van der Waals surface area contributed by atoms with E-state index in [1.807, 2.05) is 0 Å². The molecule has 1 N–H and O–H groups in total. The third kappa shape index (κ3) is 1.23. The maximum atomic E-state index is 12.3. The Bertz CT molecular complexity index is 386. The van der Waals surface area contributed by atoms with Crippen molar-refractivity contribution in [2.24, 2.45) is 28.1 Å². The highest BCUT2D eigenvalue weighted by Gasteiger charge is 2.70. The Labute approximate surface area is 104 Å². The van der Waals surface area contributed by atoms with Gasteiger partial charge in [-0.1, -0.05) is 27.7 Å². The summed E-state index contributed by atoms with van der Waals surface area (Å²) in [4.78, 5) is 12.3. The number of rotatable bonds is 0. The van der Waals surface area contributed by atoms with Crippen LogP contribution in [0.2, 0.25) is 0 Å². The molecule has 2 heteroatoms. The number of ketones is 1. The SMILES string of the molecule is CC1(C)CC(O)C[C@@]2(C)C3C(=O)C[C@@]2(C)C[C@@H]31. The van der Waals surface area contributed by atoms with Gasteiger partial charge in [0.2, 0.25) is 0 Å². The van der Waals surface area contributed by atoms with Crippen molar-refractivity contribution < 1.29 is 9.90 Å². The average Bonchev–Trinajstić information content (AvgIpc) is 2.40. The molecule has 3 aliphatic carbocycles. The number of carbonyl (C=O) groups is 1. The molecule has 0 radical (unpaired) electrons. The third-order valence-corrected chi connectivity index (χ3v) is 6.47. The van der Waals surface area contributed by atoms with Crippen LogP contribution in [0.1, 0.15) is 53.4 Å². The fourth-order valence-corrected chi connectivity index (χ4v) is 5.43. The monoisotopic (exact) mass is 236 g/mol. The van der Waals surface area contributed by atoms with Crippen molar-refractivity contribution in [3.63, 3.8) is 0 Å². The highest BCUT2D eigenvalue weighted by Crippen LogP contribution is 2.72. The molecular formula is C15H24O2. The Morgan fingerprint density at radius 3 is 2.41 bits per heavy atom. The first kappa shape index (κ1) is 11.7. The van der Waals surface area contributed by atoms with Crippen LogP contribution >= 0.6 is 0 Å². The van der Waals surface area contributed by atoms with Gasteiger partial charge in [0.15, 0.2) is 0 Å². The molecule has 0 saturated heterocycles. The topological polar surface area (TPSA) is 37.3 Å². The summed E-state index contributed by atoms with van der Waals surface area (Å²) in [6.45, 7) is 9.01. The summed E-state index contributed by atoms with van der Waals surface area (Å²) in [5.41, 5.74) is 0.287. The second kappa shape index (κ2) is 2.96. The molecule has 0 heterocycles. The average molecular weight is 236 g/mol. The zero-order valence-corrected chi connectivity index (χ0v) is 11.4. The molecule has 3 saturated carbocycles. The van der Waals surface area contributed by atoms with Crippen LogP contribution in [0.5, 0.6) is 0 Å². The minimum atomic E-state index is -0.229. The van der Waals surface area contributed by atoms with Gasteiger partial charge in [-0.2, -0.15) is 0 Å². The molecule has 0 amide bonds.